The van der Waals surface area contributed by atoms with Crippen LogP contribution in [0.25, 0.3) is 0 Å². The number of phenolic OH excluding ortho intramolecular Hbond substituents is 1. The number of ether oxygens (including phenoxy) is 2. The fourth-order valence-electron chi connectivity index (χ4n) is 2.24. The normalized spacial score (nSPS) is 11.1. The molecule has 0 saturated heterocycles. The van der Waals surface area contributed by atoms with E-state index in [0.717, 1.165) is 5.56 Å². The van der Waals surface area contributed by atoms with Crippen molar-refractivity contribution in [1.29, 1.82) is 0 Å². The Bertz CT molecular complexity index is 702. The van der Waals surface area contributed by atoms with Crippen LogP contribution < -0.4 is 15.2 Å². The summed E-state index contributed by atoms with van der Waals surface area (Å²) in [5.41, 5.74) is 6.30. The van der Waals surface area contributed by atoms with E-state index < -0.39 is 5.91 Å². The Hall–Kier alpha value is -2.69. The van der Waals surface area contributed by atoms with Crippen molar-refractivity contribution in [3.05, 3.63) is 53.6 Å². The van der Waals surface area contributed by atoms with Crippen molar-refractivity contribution < 1.29 is 19.4 Å². The molecular weight excluding hydrogens is 306 g/mol. The Kier molecular flexibility index (Phi) is 5.34. The SMILES string of the molecule is CC(C)(C)c1cc(OCCOc2ccc(C(N)=O)cc2)ccc1O. The molecule has 0 aliphatic rings. The molecule has 2 rings (SSSR count). The molecule has 5 nitrogen and oxygen atoms in total. The van der Waals surface area contributed by atoms with Crippen molar-refractivity contribution in [2.45, 2.75) is 26.2 Å². The molecular formula is C19H23NO4. The lowest BCUT2D eigenvalue weighted by Crippen LogP contribution is -2.13. The molecule has 3 N–H and O–H groups in total. The predicted molar refractivity (Wildman–Crippen MR) is 92.8 cm³/mol. The van der Waals surface area contributed by atoms with Gasteiger partial charge in [0.25, 0.3) is 0 Å². The lowest BCUT2D eigenvalue weighted by atomic mass is 9.86. The van der Waals surface area contributed by atoms with Gasteiger partial charge in [-0.1, -0.05) is 20.8 Å². The smallest absolute Gasteiger partial charge is 0.248 e. The number of carbonyl (C=O) groups excluding carboxylic acids is 1. The van der Waals surface area contributed by atoms with Crippen LogP contribution in [0.4, 0.5) is 0 Å². The number of rotatable bonds is 6. The van der Waals surface area contributed by atoms with Crippen LogP contribution >= 0.6 is 0 Å². The molecule has 2 aromatic carbocycles. The lowest BCUT2D eigenvalue weighted by molar-refractivity contribution is 0.1000. The third-order valence-electron chi connectivity index (χ3n) is 3.54. The number of nitrogens with two attached hydrogens (primary N) is 1. The van der Waals surface area contributed by atoms with E-state index in [2.05, 4.69) is 0 Å². The van der Waals surface area contributed by atoms with Gasteiger partial charge in [-0.3, -0.25) is 4.79 Å². The van der Waals surface area contributed by atoms with E-state index in [1.165, 1.54) is 0 Å². The molecule has 0 spiro atoms. The topological polar surface area (TPSA) is 81.8 Å². The van der Waals surface area contributed by atoms with Gasteiger partial charge in [-0.25, -0.2) is 0 Å². The Morgan fingerprint density at radius 1 is 1.00 bits per heavy atom. The molecule has 0 bridgehead atoms. The van der Waals surface area contributed by atoms with Crippen LogP contribution in [0.2, 0.25) is 0 Å². The van der Waals surface area contributed by atoms with Gasteiger partial charge in [0, 0.05) is 11.1 Å². The highest BCUT2D eigenvalue weighted by Gasteiger charge is 2.18. The average Bonchev–Trinajstić information content (AvgIpc) is 2.52. The molecule has 0 atom stereocenters. The Morgan fingerprint density at radius 2 is 1.54 bits per heavy atom. The summed E-state index contributed by atoms with van der Waals surface area (Å²) >= 11 is 0. The quantitative estimate of drug-likeness (QED) is 0.797. The van der Waals surface area contributed by atoms with E-state index in [-0.39, 0.29) is 11.2 Å². The van der Waals surface area contributed by atoms with E-state index in [0.29, 0.717) is 30.3 Å². The number of hydrogen-bond acceptors (Lipinski definition) is 4. The Balaban J connectivity index is 1.87. The van der Waals surface area contributed by atoms with Crippen LogP contribution in [0.5, 0.6) is 17.2 Å². The summed E-state index contributed by atoms with van der Waals surface area (Å²) in [6, 6.07) is 11.8. The van der Waals surface area contributed by atoms with E-state index in [4.69, 9.17) is 15.2 Å². The second-order valence-electron chi connectivity index (χ2n) is 6.51. The first-order valence-corrected chi connectivity index (χ1v) is 7.76. The van der Waals surface area contributed by atoms with Crippen molar-refractivity contribution >= 4 is 5.91 Å². The molecule has 1 amide bonds. The van der Waals surface area contributed by atoms with Gasteiger partial charge in [0.15, 0.2) is 0 Å². The maximum absolute atomic E-state index is 11.0. The van der Waals surface area contributed by atoms with Crippen molar-refractivity contribution in [3.63, 3.8) is 0 Å². The third kappa shape index (κ3) is 4.65. The monoisotopic (exact) mass is 329 g/mol. The minimum Gasteiger partial charge on any atom is -0.508 e. The van der Waals surface area contributed by atoms with Crippen LogP contribution in [-0.4, -0.2) is 24.2 Å². The summed E-state index contributed by atoms with van der Waals surface area (Å²) in [7, 11) is 0. The number of amides is 1. The van der Waals surface area contributed by atoms with Gasteiger partial charge in [0.1, 0.15) is 30.5 Å². The minimum atomic E-state index is -0.466. The van der Waals surface area contributed by atoms with Crippen LogP contribution in [0.1, 0.15) is 36.7 Å². The summed E-state index contributed by atoms with van der Waals surface area (Å²) in [6.45, 7) is 6.83. The summed E-state index contributed by atoms with van der Waals surface area (Å²) in [5, 5.41) is 9.94. The maximum Gasteiger partial charge on any atom is 0.248 e. The van der Waals surface area contributed by atoms with Gasteiger partial charge in [-0.15, -0.1) is 0 Å². The van der Waals surface area contributed by atoms with Crippen molar-refractivity contribution in [3.8, 4) is 17.2 Å². The number of benzene rings is 2. The first-order chi connectivity index (χ1) is 11.3. The van der Waals surface area contributed by atoms with E-state index in [1.807, 2.05) is 26.8 Å². The van der Waals surface area contributed by atoms with Gasteiger partial charge < -0.3 is 20.3 Å². The molecule has 0 radical (unpaired) electrons. The van der Waals surface area contributed by atoms with Gasteiger partial charge in [-0.2, -0.15) is 0 Å². The van der Waals surface area contributed by atoms with Crippen molar-refractivity contribution in [2.24, 2.45) is 5.73 Å². The highest BCUT2D eigenvalue weighted by Crippen LogP contribution is 2.33. The van der Waals surface area contributed by atoms with Gasteiger partial charge in [0.2, 0.25) is 5.91 Å². The van der Waals surface area contributed by atoms with Crippen LogP contribution in [0, 0.1) is 0 Å². The second kappa shape index (κ2) is 7.25. The average molecular weight is 329 g/mol. The molecule has 0 fully saturated rings. The molecule has 0 aromatic heterocycles. The molecule has 0 aliphatic heterocycles. The summed E-state index contributed by atoms with van der Waals surface area (Å²) in [6.07, 6.45) is 0. The van der Waals surface area contributed by atoms with Crippen molar-refractivity contribution in [1.82, 2.24) is 0 Å². The number of primary amides is 1. The molecule has 5 heteroatoms. The fourth-order valence-corrected chi connectivity index (χ4v) is 2.24. The summed E-state index contributed by atoms with van der Waals surface area (Å²) in [5.74, 6) is 1.13. The lowest BCUT2D eigenvalue weighted by Gasteiger charge is -2.21. The Morgan fingerprint density at radius 3 is 2.08 bits per heavy atom. The molecule has 2 aromatic rings. The zero-order valence-electron chi connectivity index (χ0n) is 14.2. The van der Waals surface area contributed by atoms with Gasteiger partial charge in [0.05, 0.1) is 0 Å². The first-order valence-electron chi connectivity index (χ1n) is 7.76. The Labute approximate surface area is 142 Å². The van der Waals surface area contributed by atoms with E-state index in [9.17, 15) is 9.90 Å². The zero-order valence-corrected chi connectivity index (χ0v) is 14.2. The molecule has 0 saturated carbocycles. The highest BCUT2D eigenvalue weighted by molar-refractivity contribution is 5.92. The van der Waals surface area contributed by atoms with E-state index in [1.54, 1.807) is 36.4 Å². The zero-order chi connectivity index (χ0) is 17.7. The number of carbonyl (C=O) groups is 1. The first kappa shape index (κ1) is 17.7. The second-order valence-corrected chi connectivity index (χ2v) is 6.51. The van der Waals surface area contributed by atoms with Crippen molar-refractivity contribution in [2.75, 3.05) is 13.2 Å². The number of aromatic hydroxyl groups is 1. The molecule has 0 unspecified atom stereocenters. The largest absolute Gasteiger partial charge is 0.508 e. The highest BCUT2D eigenvalue weighted by atomic mass is 16.5. The van der Waals surface area contributed by atoms with E-state index >= 15 is 0 Å². The van der Waals surface area contributed by atoms with Crippen LogP contribution in [0.15, 0.2) is 42.5 Å². The predicted octanol–water partition coefficient (Wildman–Crippen LogP) is 3.25. The van der Waals surface area contributed by atoms with Gasteiger partial charge in [-0.05, 0) is 47.9 Å². The number of hydrogen-bond donors (Lipinski definition) is 2. The fraction of sp³-hybridized carbons (Fsp3) is 0.316. The minimum absolute atomic E-state index is 0.165. The standard InChI is InChI=1S/C19H23NO4/c1-19(2,3)16-12-15(8-9-17(16)21)24-11-10-23-14-6-4-13(5-7-14)18(20)22/h4-9,12,21H,10-11H2,1-3H3,(H2,20,22). The molecule has 128 valence electrons. The third-order valence-corrected chi connectivity index (χ3v) is 3.54. The summed E-state index contributed by atoms with van der Waals surface area (Å²) in [4.78, 5) is 11.0. The number of phenols is 1. The van der Waals surface area contributed by atoms with Crippen LogP contribution in [0.3, 0.4) is 0 Å². The molecule has 0 aliphatic carbocycles. The van der Waals surface area contributed by atoms with Gasteiger partial charge >= 0.3 is 0 Å². The molecule has 0 heterocycles. The molecule has 24 heavy (non-hydrogen) atoms. The van der Waals surface area contributed by atoms with Crippen LogP contribution in [-0.2, 0) is 5.41 Å². The maximum atomic E-state index is 11.0. The summed E-state index contributed by atoms with van der Waals surface area (Å²) < 4.78 is 11.2.